The van der Waals surface area contributed by atoms with E-state index in [9.17, 15) is 0 Å². The quantitative estimate of drug-likeness (QED) is 0.902. The van der Waals surface area contributed by atoms with Gasteiger partial charge in [0.1, 0.15) is 0 Å². The molecule has 108 valence electrons. The van der Waals surface area contributed by atoms with Crippen molar-refractivity contribution in [3.63, 3.8) is 0 Å². The monoisotopic (exact) mass is 263 g/mol. The van der Waals surface area contributed by atoms with Crippen LogP contribution in [0.15, 0.2) is 6.20 Å². The molecule has 0 atom stereocenters. The standard InChI is InChI=1S/C16H29N3/c1-15(2,3)14-13(11-19(5)18-14)10-17-12-16(4)8-6-7-9-16/h11,17H,6-10,12H2,1-5H3. The Hall–Kier alpha value is -0.830. The van der Waals surface area contributed by atoms with Crippen LogP contribution in [-0.4, -0.2) is 16.3 Å². The van der Waals surface area contributed by atoms with Gasteiger partial charge in [-0.15, -0.1) is 0 Å². The minimum atomic E-state index is 0.121. The first-order valence-electron chi connectivity index (χ1n) is 7.54. The van der Waals surface area contributed by atoms with Gasteiger partial charge in [0.2, 0.25) is 0 Å². The summed E-state index contributed by atoms with van der Waals surface area (Å²) in [6, 6.07) is 0. The topological polar surface area (TPSA) is 29.9 Å². The number of nitrogens with one attached hydrogen (secondary N) is 1. The second kappa shape index (κ2) is 5.28. The third-order valence-electron chi connectivity index (χ3n) is 4.29. The lowest BCUT2D eigenvalue weighted by atomic mass is 9.88. The van der Waals surface area contributed by atoms with Crippen LogP contribution >= 0.6 is 0 Å². The normalized spacial score (nSPS) is 19.0. The first kappa shape index (κ1) is 14.6. The van der Waals surface area contributed by atoms with Gasteiger partial charge in [0.05, 0.1) is 5.69 Å². The van der Waals surface area contributed by atoms with Crippen LogP contribution < -0.4 is 5.32 Å². The van der Waals surface area contributed by atoms with E-state index in [1.54, 1.807) is 0 Å². The Morgan fingerprint density at radius 2 is 1.95 bits per heavy atom. The largest absolute Gasteiger partial charge is 0.312 e. The second-order valence-electron chi connectivity index (χ2n) is 7.55. The van der Waals surface area contributed by atoms with E-state index in [0.29, 0.717) is 5.41 Å². The van der Waals surface area contributed by atoms with E-state index >= 15 is 0 Å². The molecule has 1 aromatic heterocycles. The van der Waals surface area contributed by atoms with Crippen LogP contribution in [0, 0.1) is 5.41 Å². The Bertz CT molecular complexity index is 420. The minimum absolute atomic E-state index is 0.121. The fourth-order valence-electron chi connectivity index (χ4n) is 3.20. The van der Waals surface area contributed by atoms with Gasteiger partial charge in [0, 0.05) is 37.3 Å². The first-order valence-corrected chi connectivity index (χ1v) is 7.54. The molecule has 1 heterocycles. The minimum Gasteiger partial charge on any atom is -0.312 e. The van der Waals surface area contributed by atoms with Gasteiger partial charge in [-0.25, -0.2) is 0 Å². The molecule has 0 radical (unpaired) electrons. The van der Waals surface area contributed by atoms with Crippen molar-refractivity contribution in [3.8, 4) is 0 Å². The molecule has 1 saturated carbocycles. The highest BCUT2D eigenvalue weighted by atomic mass is 15.3. The summed E-state index contributed by atoms with van der Waals surface area (Å²) in [5.74, 6) is 0. The molecule has 0 amide bonds. The van der Waals surface area contributed by atoms with Crippen LogP contribution in [0.2, 0.25) is 0 Å². The molecule has 2 rings (SSSR count). The molecule has 1 fully saturated rings. The number of hydrogen-bond donors (Lipinski definition) is 1. The van der Waals surface area contributed by atoms with Crippen LogP contribution in [0.3, 0.4) is 0 Å². The zero-order valence-corrected chi connectivity index (χ0v) is 13.2. The Kier molecular flexibility index (Phi) is 4.05. The number of hydrogen-bond acceptors (Lipinski definition) is 2. The van der Waals surface area contributed by atoms with E-state index in [2.05, 4.69) is 44.3 Å². The molecule has 0 aliphatic heterocycles. The van der Waals surface area contributed by atoms with Crippen molar-refractivity contribution in [1.29, 1.82) is 0 Å². The third kappa shape index (κ3) is 3.59. The summed E-state index contributed by atoms with van der Waals surface area (Å²) in [5, 5.41) is 8.28. The van der Waals surface area contributed by atoms with Crippen molar-refractivity contribution in [1.82, 2.24) is 15.1 Å². The maximum Gasteiger partial charge on any atom is 0.0722 e. The van der Waals surface area contributed by atoms with Crippen molar-refractivity contribution in [2.24, 2.45) is 12.5 Å². The van der Waals surface area contributed by atoms with Gasteiger partial charge in [0.15, 0.2) is 0 Å². The zero-order valence-electron chi connectivity index (χ0n) is 13.2. The SMILES string of the molecule is Cn1cc(CNCC2(C)CCCC2)c(C(C)(C)C)n1. The predicted molar refractivity (Wildman–Crippen MR) is 80.2 cm³/mol. The molecule has 1 N–H and O–H groups in total. The van der Waals surface area contributed by atoms with Gasteiger partial charge in [-0.1, -0.05) is 40.5 Å². The maximum atomic E-state index is 4.63. The Morgan fingerprint density at radius 3 is 2.53 bits per heavy atom. The molecule has 3 nitrogen and oxygen atoms in total. The number of aryl methyl sites for hydroxylation is 1. The highest BCUT2D eigenvalue weighted by molar-refractivity contribution is 5.23. The van der Waals surface area contributed by atoms with Crippen molar-refractivity contribution in [2.45, 2.75) is 65.3 Å². The van der Waals surface area contributed by atoms with Crippen molar-refractivity contribution in [2.75, 3.05) is 6.54 Å². The molecule has 0 unspecified atom stereocenters. The lowest BCUT2D eigenvalue weighted by Gasteiger charge is -2.24. The molecular weight excluding hydrogens is 234 g/mol. The van der Waals surface area contributed by atoms with Crippen LogP contribution in [0.5, 0.6) is 0 Å². The molecule has 1 aliphatic rings. The molecule has 0 saturated heterocycles. The molecule has 1 aromatic rings. The number of rotatable bonds is 4. The average molecular weight is 263 g/mol. The molecule has 0 bridgehead atoms. The summed E-state index contributed by atoms with van der Waals surface area (Å²) in [5.41, 5.74) is 3.20. The van der Waals surface area contributed by atoms with E-state index in [0.717, 1.165) is 13.1 Å². The van der Waals surface area contributed by atoms with E-state index in [1.807, 2.05) is 11.7 Å². The molecule has 1 aliphatic carbocycles. The molecule has 0 aromatic carbocycles. The van der Waals surface area contributed by atoms with E-state index < -0.39 is 0 Å². The number of aromatic nitrogens is 2. The summed E-state index contributed by atoms with van der Waals surface area (Å²) in [7, 11) is 2.01. The summed E-state index contributed by atoms with van der Waals surface area (Å²) in [6.07, 6.45) is 7.71. The van der Waals surface area contributed by atoms with Crippen LogP contribution in [0.1, 0.15) is 64.6 Å². The van der Waals surface area contributed by atoms with Crippen molar-refractivity contribution in [3.05, 3.63) is 17.5 Å². The van der Waals surface area contributed by atoms with Crippen molar-refractivity contribution >= 4 is 0 Å². The third-order valence-corrected chi connectivity index (χ3v) is 4.29. The summed E-state index contributed by atoms with van der Waals surface area (Å²) in [4.78, 5) is 0. The lowest BCUT2D eigenvalue weighted by molar-refractivity contribution is 0.314. The fourth-order valence-corrected chi connectivity index (χ4v) is 3.20. The Balaban J connectivity index is 1.96. The van der Waals surface area contributed by atoms with Gasteiger partial charge in [0.25, 0.3) is 0 Å². The van der Waals surface area contributed by atoms with Gasteiger partial charge in [-0.2, -0.15) is 5.10 Å². The summed E-state index contributed by atoms with van der Waals surface area (Å²) < 4.78 is 1.94. The van der Waals surface area contributed by atoms with Crippen LogP contribution in [-0.2, 0) is 19.0 Å². The van der Waals surface area contributed by atoms with Gasteiger partial charge in [-0.05, 0) is 18.3 Å². The molecule has 19 heavy (non-hydrogen) atoms. The molecule has 3 heteroatoms. The summed E-state index contributed by atoms with van der Waals surface area (Å²) in [6.45, 7) is 11.2. The van der Waals surface area contributed by atoms with E-state index in [-0.39, 0.29) is 5.41 Å². The fraction of sp³-hybridized carbons (Fsp3) is 0.812. The average Bonchev–Trinajstić information content (AvgIpc) is 2.85. The van der Waals surface area contributed by atoms with Crippen LogP contribution in [0.25, 0.3) is 0 Å². The summed E-state index contributed by atoms with van der Waals surface area (Å²) >= 11 is 0. The van der Waals surface area contributed by atoms with Gasteiger partial charge >= 0.3 is 0 Å². The van der Waals surface area contributed by atoms with Crippen molar-refractivity contribution < 1.29 is 0 Å². The number of nitrogens with zero attached hydrogens (tertiary/aromatic N) is 2. The highest BCUT2D eigenvalue weighted by Crippen LogP contribution is 2.36. The molecular formula is C16H29N3. The predicted octanol–water partition coefficient (Wildman–Crippen LogP) is 3.39. The highest BCUT2D eigenvalue weighted by Gasteiger charge is 2.28. The Morgan fingerprint density at radius 1 is 1.32 bits per heavy atom. The lowest BCUT2D eigenvalue weighted by Crippen LogP contribution is -2.29. The van der Waals surface area contributed by atoms with E-state index in [1.165, 1.54) is 36.9 Å². The van der Waals surface area contributed by atoms with Crippen LogP contribution in [0.4, 0.5) is 0 Å². The van der Waals surface area contributed by atoms with E-state index in [4.69, 9.17) is 0 Å². The molecule has 0 spiro atoms. The second-order valence-corrected chi connectivity index (χ2v) is 7.55. The zero-order chi connectivity index (χ0) is 14.1. The first-order chi connectivity index (χ1) is 8.80. The van der Waals surface area contributed by atoms with Gasteiger partial charge in [-0.3, -0.25) is 4.68 Å². The maximum absolute atomic E-state index is 4.63. The smallest absolute Gasteiger partial charge is 0.0722 e. The van der Waals surface area contributed by atoms with Gasteiger partial charge < -0.3 is 5.32 Å². The Labute approximate surface area is 117 Å².